The number of methoxy groups -OCH3 is 1. The topological polar surface area (TPSA) is 91.0 Å². The number of carbonyl (C=O) groups is 3. The molecule has 4 rings (SSSR count). The monoisotopic (exact) mass is 584 g/mol. The van der Waals surface area contributed by atoms with Crippen molar-refractivity contribution in [2.75, 3.05) is 33.8 Å². The van der Waals surface area contributed by atoms with Crippen LogP contribution in [0.1, 0.15) is 47.7 Å². The minimum atomic E-state index is -0.654. The molecule has 0 aliphatic carbocycles. The highest BCUT2D eigenvalue weighted by molar-refractivity contribution is 5.94. The molecule has 43 heavy (non-hydrogen) atoms. The minimum absolute atomic E-state index is 0.0744. The Labute approximate surface area is 255 Å². The fourth-order valence-electron chi connectivity index (χ4n) is 5.51. The largest absolute Gasteiger partial charge is 0.497 e. The number of benzene rings is 3. The van der Waals surface area contributed by atoms with Gasteiger partial charge >= 0.3 is 0 Å². The van der Waals surface area contributed by atoms with Crippen molar-refractivity contribution < 1.29 is 19.1 Å². The van der Waals surface area contributed by atoms with Crippen LogP contribution in [0.3, 0.4) is 0 Å². The smallest absolute Gasteiger partial charge is 0.253 e. The lowest BCUT2D eigenvalue weighted by atomic mass is 10.0. The van der Waals surface area contributed by atoms with Crippen molar-refractivity contribution >= 4 is 17.7 Å². The van der Waals surface area contributed by atoms with Crippen LogP contribution < -0.4 is 15.4 Å². The van der Waals surface area contributed by atoms with Gasteiger partial charge < -0.3 is 25.2 Å². The maximum Gasteiger partial charge on any atom is 0.253 e. The van der Waals surface area contributed by atoms with Gasteiger partial charge in [0.1, 0.15) is 11.8 Å². The van der Waals surface area contributed by atoms with E-state index in [2.05, 4.69) is 22.8 Å². The number of aryl methyl sites for hydroxylation is 1. The molecule has 3 atom stereocenters. The van der Waals surface area contributed by atoms with Crippen LogP contribution in [0, 0.1) is 0 Å². The number of amides is 3. The number of likely N-dealkylation sites (N-methyl/N-ethyl adjacent to an activating group) is 1. The molecule has 228 valence electrons. The number of carbonyl (C=O) groups excluding carboxylic acids is 3. The summed E-state index contributed by atoms with van der Waals surface area (Å²) in [4.78, 5) is 44.5. The molecule has 1 fully saturated rings. The molecule has 2 N–H and O–H groups in total. The molecule has 0 saturated carbocycles. The Hall–Kier alpha value is -4.17. The zero-order valence-corrected chi connectivity index (χ0v) is 25.5. The van der Waals surface area contributed by atoms with E-state index in [4.69, 9.17) is 4.74 Å². The fourth-order valence-corrected chi connectivity index (χ4v) is 5.51. The van der Waals surface area contributed by atoms with Gasteiger partial charge in [-0.25, -0.2) is 0 Å². The van der Waals surface area contributed by atoms with Gasteiger partial charge in [-0.1, -0.05) is 60.7 Å². The van der Waals surface area contributed by atoms with Crippen LogP contribution in [0.25, 0.3) is 0 Å². The fraction of sp³-hybridized carbons (Fsp3) is 0.400. The van der Waals surface area contributed by atoms with Gasteiger partial charge in [0.15, 0.2) is 0 Å². The molecule has 1 aliphatic heterocycles. The molecule has 1 heterocycles. The van der Waals surface area contributed by atoms with Gasteiger partial charge in [0.25, 0.3) is 5.91 Å². The maximum absolute atomic E-state index is 14.1. The summed E-state index contributed by atoms with van der Waals surface area (Å²) in [6.45, 7) is 3.34. The first kappa shape index (κ1) is 31.8. The molecule has 1 saturated heterocycles. The Morgan fingerprint density at radius 1 is 0.930 bits per heavy atom. The standard InChI is InChI=1S/C35H44N4O4/c1-26(36-2)33(40)37-32(21-16-27-11-6-4-7-12-27)35(42)39-23-10-15-30(39)25-38(24-22-28-13-8-5-9-14-28)34(41)29-17-19-31(43-3)20-18-29/h4-9,11-14,17-20,26,30,32,36H,10,15-16,21-25H2,1-3H3,(H,37,40)/t26-,30-,32-/m0/s1. The van der Waals surface area contributed by atoms with Crippen molar-refractivity contribution in [1.29, 1.82) is 0 Å². The lowest BCUT2D eigenvalue weighted by Gasteiger charge is -2.33. The molecule has 8 heteroatoms. The van der Waals surface area contributed by atoms with E-state index >= 15 is 0 Å². The van der Waals surface area contributed by atoms with Crippen LogP contribution in [-0.4, -0.2) is 79.4 Å². The van der Waals surface area contributed by atoms with E-state index in [9.17, 15) is 14.4 Å². The number of rotatable bonds is 14. The zero-order chi connectivity index (χ0) is 30.6. The first-order valence-electron chi connectivity index (χ1n) is 15.2. The lowest BCUT2D eigenvalue weighted by Crippen LogP contribution is -2.55. The Bertz CT molecular complexity index is 1320. The maximum atomic E-state index is 14.1. The molecule has 0 radical (unpaired) electrons. The third-order valence-electron chi connectivity index (χ3n) is 8.23. The van der Waals surface area contributed by atoms with E-state index in [1.165, 1.54) is 0 Å². The van der Waals surface area contributed by atoms with Crippen LogP contribution in [-0.2, 0) is 22.4 Å². The van der Waals surface area contributed by atoms with Gasteiger partial charge in [-0.2, -0.15) is 0 Å². The number of hydrogen-bond acceptors (Lipinski definition) is 5. The van der Waals surface area contributed by atoms with Crippen molar-refractivity contribution in [2.45, 2.75) is 57.2 Å². The Balaban J connectivity index is 1.52. The molecule has 1 aliphatic rings. The molecule has 3 aromatic carbocycles. The zero-order valence-electron chi connectivity index (χ0n) is 25.5. The second-order valence-corrected chi connectivity index (χ2v) is 11.1. The van der Waals surface area contributed by atoms with E-state index in [0.717, 1.165) is 24.0 Å². The van der Waals surface area contributed by atoms with Crippen molar-refractivity contribution in [3.05, 3.63) is 102 Å². The molecule has 0 spiro atoms. The SMILES string of the molecule is CN[C@@H](C)C(=O)N[C@@H](CCc1ccccc1)C(=O)N1CCC[C@H]1CN(CCc1ccccc1)C(=O)c1ccc(OC)cc1. The molecule has 0 aromatic heterocycles. The van der Waals surface area contributed by atoms with E-state index in [0.29, 0.717) is 50.2 Å². The predicted molar refractivity (Wildman–Crippen MR) is 169 cm³/mol. The van der Waals surface area contributed by atoms with Gasteiger partial charge in [-0.3, -0.25) is 14.4 Å². The molecular formula is C35H44N4O4. The van der Waals surface area contributed by atoms with Gasteiger partial charge in [-0.05, 0) is 81.5 Å². The molecule has 0 unspecified atom stereocenters. The summed E-state index contributed by atoms with van der Waals surface area (Å²) in [5.74, 6) is 0.324. The Morgan fingerprint density at radius 2 is 1.56 bits per heavy atom. The van der Waals surface area contributed by atoms with Crippen LogP contribution in [0.2, 0.25) is 0 Å². The Kier molecular flexibility index (Phi) is 11.7. The third kappa shape index (κ3) is 8.91. The summed E-state index contributed by atoms with van der Waals surface area (Å²) in [6.07, 6.45) is 3.53. The second kappa shape index (κ2) is 15.9. The summed E-state index contributed by atoms with van der Waals surface area (Å²) in [6, 6.07) is 26.1. The first-order chi connectivity index (χ1) is 20.9. The van der Waals surface area contributed by atoms with Crippen LogP contribution in [0.4, 0.5) is 0 Å². The Morgan fingerprint density at radius 3 is 2.16 bits per heavy atom. The van der Waals surface area contributed by atoms with E-state index < -0.39 is 12.1 Å². The van der Waals surface area contributed by atoms with Crippen molar-refractivity contribution in [2.24, 2.45) is 0 Å². The summed E-state index contributed by atoms with van der Waals surface area (Å²) in [5, 5.41) is 5.97. The summed E-state index contributed by atoms with van der Waals surface area (Å²) < 4.78 is 5.28. The first-order valence-corrected chi connectivity index (χ1v) is 15.2. The van der Waals surface area contributed by atoms with Crippen LogP contribution >= 0.6 is 0 Å². The van der Waals surface area contributed by atoms with Crippen LogP contribution in [0.15, 0.2) is 84.9 Å². The predicted octanol–water partition coefficient (Wildman–Crippen LogP) is 4.10. The molecule has 3 amide bonds. The molecule has 8 nitrogen and oxygen atoms in total. The van der Waals surface area contributed by atoms with Gasteiger partial charge in [0.05, 0.1) is 13.2 Å². The highest BCUT2D eigenvalue weighted by atomic mass is 16.5. The minimum Gasteiger partial charge on any atom is -0.497 e. The summed E-state index contributed by atoms with van der Waals surface area (Å²) in [5.41, 5.74) is 2.85. The van der Waals surface area contributed by atoms with Gasteiger partial charge in [0.2, 0.25) is 11.8 Å². The van der Waals surface area contributed by atoms with E-state index in [-0.39, 0.29) is 23.8 Å². The molecular weight excluding hydrogens is 540 g/mol. The quantitative estimate of drug-likeness (QED) is 0.298. The van der Waals surface area contributed by atoms with Crippen molar-refractivity contribution in [3.63, 3.8) is 0 Å². The summed E-state index contributed by atoms with van der Waals surface area (Å²) in [7, 11) is 3.33. The van der Waals surface area contributed by atoms with Gasteiger partial charge in [0, 0.05) is 31.2 Å². The van der Waals surface area contributed by atoms with Gasteiger partial charge in [-0.15, -0.1) is 0 Å². The highest BCUT2D eigenvalue weighted by Gasteiger charge is 2.36. The number of nitrogens with one attached hydrogen (secondary N) is 2. The van der Waals surface area contributed by atoms with Crippen molar-refractivity contribution in [1.82, 2.24) is 20.4 Å². The average Bonchev–Trinajstić information content (AvgIpc) is 3.52. The second-order valence-electron chi connectivity index (χ2n) is 11.1. The summed E-state index contributed by atoms with van der Waals surface area (Å²) >= 11 is 0. The number of hydrogen-bond donors (Lipinski definition) is 2. The lowest BCUT2D eigenvalue weighted by molar-refractivity contribution is -0.137. The van der Waals surface area contributed by atoms with E-state index in [1.807, 2.05) is 58.3 Å². The normalized spacial score (nSPS) is 15.9. The average molecular weight is 585 g/mol. The van der Waals surface area contributed by atoms with E-state index in [1.54, 1.807) is 45.3 Å². The number of nitrogens with zero attached hydrogens (tertiary/aromatic N) is 2. The molecule has 0 bridgehead atoms. The third-order valence-corrected chi connectivity index (χ3v) is 8.23. The number of likely N-dealkylation sites (tertiary alicyclic amines) is 1. The molecule has 3 aromatic rings. The highest BCUT2D eigenvalue weighted by Crippen LogP contribution is 2.23. The number of ether oxygens (including phenoxy) is 1. The van der Waals surface area contributed by atoms with Crippen LogP contribution in [0.5, 0.6) is 5.75 Å². The van der Waals surface area contributed by atoms with Crippen molar-refractivity contribution in [3.8, 4) is 5.75 Å².